The summed E-state index contributed by atoms with van der Waals surface area (Å²) in [5, 5.41) is 3.15. The van der Waals surface area contributed by atoms with E-state index < -0.39 is 16.2 Å². The molecule has 178 valence electrons. The third-order valence-corrected chi connectivity index (χ3v) is 8.61. The van der Waals surface area contributed by atoms with Gasteiger partial charge in [-0.25, -0.2) is 4.31 Å². The van der Waals surface area contributed by atoms with Crippen LogP contribution in [0.1, 0.15) is 24.0 Å². The molecule has 0 unspecified atom stereocenters. The summed E-state index contributed by atoms with van der Waals surface area (Å²) >= 11 is 0. The van der Waals surface area contributed by atoms with E-state index in [1.807, 2.05) is 55.5 Å². The quantitative estimate of drug-likeness (QED) is 0.423. The standard InChI is InChI=1S/C26H28N2O5S/c1-17-21(18-7-10-20(11-8-18)34(30,31)28(2)3)5-4-6-22(17)27-25(29)26(13-14-26)19-9-12-23-24(15-19)33-16-32-23/h4-12,15,30-31H,13-14,16H2,1-3H3,(H,27,29). The van der Waals surface area contributed by atoms with Gasteiger partial charge in [0.05, 0.1) is 10.3 Å². The van der Waals surface area contributed by atoms with Crippen molar-refractivity contribution in [1.29, 1.82) is 0 Å². The molecule has 1 heterocycles. The fraction of sp³-hybridized carbons (Fsp3) is 0.269. The normalized spacial score (nSPS) is 16.4. The minimum Gasteiger partial charge on any atom is -0.454 e. The third kappa shape index (κ3) is 3.82. The van der Waals surface area contributed by atoms with Crippen molar-refractivity contribution in [2.45, 2.75) is 30.1 Å². The van der Waals surface area contributed by atoms with E-state index in [1.54, 1.807) is 26.2 Å². The maximum absolute atomic E-state index is 13.4. The molecule has 0 saturated heterocycles. The lowest BCUT2D eigenvalue weighted by Gasteiger charge is -2.38. The Morgan fingerprint density at radius 3 is 2.38 bits per heavy atom. The first kappa shape index (κ1) is 22.7. The highest BCUT2D eigenvalue weighted by molar-refractivity contribution is 8.22. The Labute approximate surface area is 200 Å². The minimum absolute atomic E-state index is 0.0260. The molecule has 8 heteroatoms. The summed E-state index contributed by atoms with van der Waals surface area (Å²) in [6.45, 7) is 2.19. The van der Waals surface area contributed by atoms with Gasteiger partial charge in [0.1, 0.15) is 0 Å². The topological polar surface area (TPSA) is 91.3 Å². The number of anilines is 1. The molecule has 1 aliphatic carbocycles. The smallest absolute Gasteiger partial charge is 0.235 e. The Morgan fingerprint density at radius 1 is 1.00 bits per heavy atom. The van der Waals surface area contributed by atoms with Gasteiger partial charge in [0, 0.05) is 19.8 Å². The average Bonchev–Trinajstić information content (AvgIpc) is 3.51. The van der Waals surface area contributed by atoms with Crippen molar-refractivity contribution in [2.24, 2.45) is 0 Å². The summed E-state index contributed by atoms with van der Waals surface area (Å²) in [5.41, 5.74) is 4.01. The van der Waals surface area contributed by atoms with Crippen LogP contribution in [0.5, 0.6) is 11.5 Å². The molecule has 7 nitrogen and oxygen atoms in total. The summed E-state index contributed by atoms with van der Waals surface area (Å²) in [4.78, 5) is 13.8. The van der Waals surface area contributed by atoms with Crippen LogP contribution < -0.4 is 14.8 Å². The maximum atomic E-state index is 13.4. The fourth-order valence-electron chi connectivity index (χ4n) is 4.32. The van der Waals surface area contributed by atoms with E-state index in [2.05, 4.69) is 5.32 Å². The zero-order chi connectivity index (χ0) is 24.1. The van der Waals surface area contributed by atoms with Crippen molar-refractivity contribution >= 4 is 22.4 Å². The molecular weight excluding hydrogens is 452 g/mol. The van der Waals surface area contributed by atoms with Gasteiger partial charge in [-0.1, -0.05) is 30.3 Å². The molecule has 3 aromatic carbocycles. The second-order valence-electron chi connectivity index (χ2n) is 8.94. The lowest BCUT2D eigenvalue weighted by Crippen LogP contribution is -2.28. The van der Waals surface area contributed by atoms with Crippen LogP contribution in [0.15, 0.2) is 65.6 Å². The molecule has 0 atom stereocenters. The number of ether oxygens (including phenoxy) is 2. The van der Waals surface area contributed by atoms with E-state index in [0.717, 1.165) is 40.8 Å². The summed E-state index contributed by atoms with van der Waals surface area (Å²) in [5.74, 6) is 1.37. The minimum atomic E-state index is -2.99. The number of amides is 1. The van der Waals surface area contributed by atoms with Gasteiger partial charge in [-0.15, -0.1) is 10.8 Å². The first-order chi connectivity index (χ1) is 16.2. The maximum Gasteiger partial charge on any atom is 0.235 e. The van der Waals surface area contributed by atoms with Gasteiger partial charge < -0.3 is 14.8 Å². The van der Waals surface area contributed by atoms with Crippen molar-refractivity contribution < 1.29 is 23.4 Å². The van der Waals surface area contributed by atoms with Crippen LogP contribution >= 0.6 is 10.8 Å². The zero-order valence-corrected chi connectivity index (χ0v) is 20.2. The Hall–Kier alpha value is -3.04. The van der Waals surface area contributed by atoms with Crippen LogP contribution in [-0.2, 0) is 10.2 Å². The van der Waals surface area contributed by atoms with Crippen LogP contribution in [0.25, 0.3) is 11.1 Å². The SMILES string of the molecule is Cc1c(NC(=O)C2(c3ccc4c(c3)OCO4)CC2)cccc1-c1ccc(S(O)(O)N(C)C)cc1. The van der Waals surface area contributed by atoms with Gasteiger partial charge in [-0.05, 0) is 72.4 Å². The van der Waals surface area contributed by atoms with Gasteiger partial charge in [-0.2, -0.15) is 0 Å². The van der Waals surface area contributed by atoms with E-state index in [1.165, 1.54) is 4.31 Å². The third-order valence-electron chi connectivity index (χ3n) is 6.68. The van der Waals surface area contributed by atoms with Gasteiger partial charge >= 0.3 is 0 Å². The number of hydrogen-bond acceptors (Lipinski definition) is 6. The van der Waals surface area contributed by atoms with Crippen LogP contribution in [0.2, 0.25) is 0 Å². The molecule has 1 fully saturated rings. The van der Waals surface area contributed by atoms with Crippen LogP contribution in [0.3, 0.4) is 0 Å². The van der Waals surface area contributed by atoms with Crippen LogP contribution in [0, 0.1) is 6.92 Å². The lowest BCUT2D eigenvalue weighted by molar-refractivity contribution is -0.118. The number of carbonyl (C=O) groups is 1. The predicted molar refractivity (Wildman–Crippen MR) is 134 cm³/mol. The highest BCUT2D eigenvalue weighted by Gasteiger charge is 2.51. The predicted octanol–water partition coefficient (Wildman–Crippen LogP) is 5.65. The van der Waals surface area contributed by atoms with Gasteiger partial charge in [0.25, 0.3) is 0 Å². The number of hydrogen-bond donors (Lipinski definition) is 3. The van der Waals surface area contributed by atoms with Gasteiger partial charge in [0.2, 0.25) is 12.7 Å². The molecule has 1 amide bonds. The summed E-state index contributed by atoms with van der Waals surface area (Å²) in [6, 6.07) is 18.7. The van der Waals surface area contributed by atoms with Gasteiger partial charge in [0.15, 0.2) is 11.5 Å². The first-order valence-electron chi connectivity index (χ1n) is 11.1. The van der Waals surface area contributed by atoms with Gasteiger partial charge in [-0.3, -0.25) is 13.9 Å². The lowest BCUT2D eigenvalue weighted by atomic mass is 9.93. The first-order valence-corrected chi connectivity index (χ1v) is 12.6. The molecule has 1 saturated carbocycles. The molecule has 5 rings (SSSR count). The zero-order valence-electron chi connectivity index (χ0n) is 19.4. The Balaban J connectivity index is 1.39. The molecule has 0 bridgehead atoms. The molecule has 2 aliphatic rings. The highest BCUT2D eigenvalue weighted by atomic mass is 32.3. The van der Waals surface area contributed by atoms with Crippen LogP contribution in [-0.4, -0.2) is 40.2 Å². The number of nitrogens with zero attached hydrogens (tertiary/aromatic N) is 1. The molecule has 34 heavy (non-hydrogen) atoms. The second kappa shape index (κ2) is 8.32. The summed E-state index contributed by atoms with van der Waals surface area (Å²) < 4.78 is 33.0. The van der Waals surface area contributed by atoms with E-state index in [9.17, 15) is 13.9 Å². The summed E-state index contributed by atoms with van der Waals surface area (Å²) in [6.07, 6.45) is 1.58. The van der Waals surface area contributed by atoms with E-state index >= 15 is 0 Å². The molecule has 3 aromatic rings. The van der Waals surface area contributed by atoms with Crippen molar-refractivity contribution in [2.75, 3.05) is 26.2 Å². The Morgan fingerprint density at radius 2 is 1.71 bits per heavy atom. The average molecular weight is 481 g/mol. The molecule has 3 N–H and O–H groups in total. The molecule has 0 aromatic heterocycles. The molecule has 1 aliphatic heterocycles. The Bertz CT molecular complexity index is 1250. The highest BCUT2D eigenvalue weighted by Crippen LogP contribution is 2.52. The number of rotatable bonds is 6. The van der Waals surface area contributed by atoms with Crippen molar-refractivity contribution in [3.63, 3.8) is 0 Å². The van der Waals surface area contributed by atoms with Crippen molar-refractivity contribution in [3.05, 3.63) is 71.8 Å². The number of carbonyl (C=O) groups excluding carboxylic acids is 1. The molecule has 0 spiro atoms. The Kier molecular flexibility index (Phi) is 5.56. The van der Waals surface area contributed by atoms with Crippen molar-refractivity contribution in [1.82, 2.24) is 4.31 Å². The number of fused-ring (bicyclic) bond motifs is 1. The molecule has 0 radical (unpaired) electrons. The monoisotopic (exact) mass is 480 g/mol. The fourth-order valence-corrected chi connectivity index (χ4v) is 5.24. The number of benzene rings is 3. The van der Waals surface area contributed by atoms with E-state index in [0.29, 0.717) is 16.4 Å². The van der Waals surface area contributed by atoms with E-state index in [4.69, 9.17) is 9.47 Å². The summed E-state index contributed by atoms with van der Waals surface area (Å²) in [7, 11) is 0.279. The van der Waals surface area contributed by atoms with E-state index in [-0.39, 0.29) is 12.7 Å². The molecular formula is C26H28N2O5S. The second-order valence-corrected chi connectivity index (χ2v) is 11.2. The number of nitrogens with one attached hydrogen (secondary N) is 1. The largest absolute Gasteiger partial charge is 0.454 e. The van der Waals surface area contributed by atoms with Crippen molar-refractivity contribution in [3.8, 4) is 22.6 Å². The van der Waals surface area contributed by atoms with Crippen LogP contribution in [0.4, 0.5) is 5.69 Å².